The number of nitriles is 2. The summed E-state index contributed by atoms with van der Waals surface area (Å²) in [6.07, 6.45) is 5.10. The van der Waals surface area contributed by atoms with E-state index in [1.165, 1.54) is 15.9 Å². The fourth-order valence-electron chi connectivity index (χ4n) is 8.34. The first-order valence-electron chi connectivity index (χ1n) is 21.7. The van der Waals surface area contributed by atoms with Gasteiger partial charge >= 0.3 is 220 Å². The van der Waals surface area contributed by atoms with E-state index < -0.39 is 7.26 Å². The third kappa shape index (κ3) is 10.9. The molecule has 0 N–H and O–H groups in total. The van der Waals surface area contributed by atoms with E-state index in [1.54, 1.807) is 0 Å². The first-order valence-corrected chi connectivity index (χ1v) is 25.0. The Kier molecular flexibility index (Phi) is 16.0. The van der Waals surface area contributed by atoms with Crippen molar-refractivity contribution < 1.29 is 9.47 Å². The molecule has 0 unspecified atom stereocenters. The van der Waals surface area contributed by atoms with E-state index in [2.05, 4.69) is 192 Å². The second-order valence-corrected chi connectivity index (χ2v) is 20.4. The smallest absolute Gasteiger partial charge is 0.0622 e. The average Bonchev–Trinajstić information content (AvgIpc) is 3.35. The topological polar surface area (TPSA) is 66.0 Å². The number of nitrogens with zero attached hydrogens (tertiary/aromatic N) is 2. The van der Waals surface area contributed by atoms with Gasteiger partial charge < -0.3 is 4.74 Å². The van der Waals surface area contributed by atoms with Crippen LogP contribution in [0.1, 0.15) is 60.4 Å². The predicted octanol–water partition coefficient (Wildman–Crippen LogP) is 13.0. The number of benzene rings is 7. The number of ether oxygens (including phenoxy) is 2. The number of unbranched alkanes of at least 4 members (excludes halogenated alkanes) is 2. The molecular weight excluding hydrogens is 856 g/mol. The number of allylic oxidation sites excluding steroid dienone is 2. The summed E-state index contributed by atoms with van der Waals surface area (Å²) in [7, 11) is -2.30. The Bertz CT molecular complexity index is 2560. The zero-order valence-corrected chi connectivity index (χ0v) is 38.3. The zero-order valence-electron chi connectivity index (χ0n) is 35.7. The van der Waals surface area contributed by atoms with Crippen LogP contribution in [-0.2, 0) is 0 Å². The summed E-state index contributed by atoms with van der Waals surface area (Å²) in [6.45, 7) is 3.11. The van der Waals surface area contributed by atoms with Crippen molar-refractivity contribution in [3.63, 3.8) is 0 Å². The third-order valence-electron chi connectivity index (χ3n) is 11.6. The van der Waals surface area contributed by atoms with Gasteiger partial charge in [0.2, 0.25) is 0 Å². The summed E-state index contributed by atoms with van der Waals surface area (Å²) in [5.74, 6) is 1.67. The van der Waals surface area contributed by atoms with Crippen LogP contribution in [0, 0.1) is 22.7 Å². The summed E-state index contributed by atoms with van der Waals surface area (Å²) in [5.41, 5.74) is 7.91. The van der Waals surface area contributed by atoms with Crippen LogP contribution in [0.3, 0.4) is 0 Å². The number of alkyl halides is 1. The molecule has 0 aliphatic rings. The van der Waals surface area contributed by atoms with E-state index in [9.17, 15) is 10.5 Å². The molecule has 7 rings (SSSR count). The maximum absolute atomic E-state index is 9.55. The third-order valence-corrected chi connectivity index (χ3v) is 17.2. The SMILES string of the molecule is CC(=C(C#N)C#N)c1ccc(/C(=C(\c2ccc(OCCCCBr)cc2)c2ccc(OCCCC[PH](c3ccccc3)(c3ccccc3)c3ccccc3)cc2)c2ccccc2)cc1. The van der Waals surface area contributed by atoms with E-state index in [4.69, 9.17) is 9.47 Å². The minimum Gasteiger partial charge on any atom is -0.0622 e. The molecule has 0 saturated carbocycles. The Morgan fingerprint density at radius 3 is 1.19 bits per heavy atom. The molecule has 6 heteroatoms. The van der Waals surface area contributed by atoms with Gasteiger partial charge in [0.15, 0.2) is 0 Å². The summed E-state index contributed by atoms with van der Waals surface area (Å²) in [4.78, 5) is 0. The zero-order chi connectivity index (χ0) is 43.7. The summed E-state index contributed by atoms with van der Waals surface area (Å²) >= 11 is 3.52. The van der Waals surface area contributed by atoms with Gasteiger partial charge in [-0.05, 0) is 43.0 Å². The Morgan fingerprint density at radius 1 is 0.444 bits per heavy atom. The molecule has 0 spiro atoms. The second kappa shape index (κ2) is 22.6. The van der Waals surface area contributed by atoms with Gasteiger partial charge in [0.1, 0.15) is 23.5 Å². The molecule has 0 bridgehead atoms. The van der Waals surface area contributed by atoms with Crippen molar-refractivity contribution in [3.8, 4) is 23.6 Å². The van der Waals surface area contributed by atoms with Crippen molar-refractivity contribution in [1.29, 1.82) is 10.5 Å². The van der Waals surface area contributed by atoms with Crippen LogP contribution in [0.25, 0.3) is 16.7 Å². The van der Waals surface area contributed by atoms with Gasteiger partial charge in [0.05, 0.1) is 6.61 Å². The number of hydrogen-bond donors (Lipinski definition) is 0. The Labute approximate surface area is 382 Å². The number of hydrogen-bond acceptors (Lipinski definition) is 4. The summed E-state index contributed by atoms with van der Waals surface area (Å²) in [5, 5.41) is 24.4. The molecule has 0 heterocycles. The minimum absolute atomic E-state index is 0.112. The summed E-state index contributed by atoms with van der Waals surface area (Å²) in [6, 6.07) is 72.8. The van der Waals surface area contributed by atoms with Crippen LogP contribution in [0.4, 0.5) is 0 Å². The molecule has 0 atom stereocenters. The monoisotopic (exact) mass is 906 g/mol. The molecule has 0 radical (unpaired) electrons. The molecule has 7 aromatic carbocycles. The number of halogens is 1. The van der Waals surface area contributed by atoms with Gasteiger partial charge in [-0.3, -0.25) is 0 Å². The molecule has 7 aromatic rings. The summed E-state index contributed by atoms with van der Waals surface area (Å²) < 4.78 is 12.6. The predicted molar refractivity (Wildman–Crippen MR) is 269 cm³/mol. The van der Waals surface area contributed by atoms with E-state index >= 15 is 0 Å². The molecule has 0 amide bonds. The van der Waals surface area contributed by atoms with E-state index in [-0.39, 0.29) is 5.57 Å². The average molecular weight is 908 g/mol. The van der Waals surface area contributed by atoms with Crippen LogP contribution in [-0.4, -0.2) is 24.7 Å². The second-order valence-electron chi connectivity index (χ2n) is 15.5. The molecule has 0 aliphatic carbocycles. The number of rotatable bonds is 19. The van der Waals surface area contributed by atoms with Crippen molar-refractivity contribution in [2.75, 3.05) is 24.7 Å². The van der Waals surface area contributed by atoms with Crippen molar-refractivity contribution in [1.82, 2.24) is 0 Å². The van der Waals surface area contributed by atoms with Crippen molar-refractivity contribution in [2.45, 2.75) is 32.6 Å². The van der Waals surface area contributed by atoms with Crippen LogP contribution < -0.4 is 25.4 Å². The quantitative estimate of drug-likeness (QED) is 0.0267. The van der Waals surface area contributed by atoms with E-state index in [0.29, 0.717) is 18.8 Å². The van der Waals surface area contributed by atoms with Crippen molar-refractivity contribution >= 4 is 55.8 Å². The van der Waals surface area contributed by atoms with E-state index in [0.717, 1.165) is 87.6 Å². The van der Waals surface area contributed by atoms with Crippen LogP contribution in [0.15, 0.2) is 200 Å². The van der Waals surface area contributed by atoms with Gasteiger partial charge in [-0.2, -0.15) is 10.5 Å². The Hall–Kier alpha value is -6.49. The Balaban J connectivity index is 1.18. The maximum atomic E-state index is 9.55. The molecule has 0 saturated heterocycles. The first kappa shape index (κ1) is 44.6. The van der Waals surface area contributed by atoms with Gasteiger partial charge in [0.25, 0.3) is 0 Å². The molecule has 0 aromatic heterocycles. The fraction of sp³-hybridized carbons (Fsp3) is 0.158. The fourth-order valence-corrected chi connectivity index (χ4v) is 13.7. The van der Waals surface area contributed by atoms with Crippen molar-refractivity contribution in [3.05, 3.63) is 228 Å². The van der Waals surface area contributed by atoms with Gasteiger partial charge in [-0.15, -0.1) is 0 Å². The van der Waals surface area contributed by atoms with Gasteiger partial charge in [-0.1, -0.05) is 70.5 Å². The standard InChI is InChI=1S/C57H52BrN2O2P/c1-44(50(42-59)43-60)45-26-28-47(29-27-45)56(46-18-6-2-7-19-46)57(48-30-34-51(35-31-48)61-39-15-14-38-58)49-32-36-52(37-33-49)62-40-16-17-41-63(53-20-8-3-9-21-53,54-22-10-4-11-23-54)55-24-12-5-13-25-55/h2-13,18-37,63H,14-17,38-41H2,1H3/b57-56+. The normalized spacial score (nSPS) is 11.7. The Morgan fingerprint density at radius 2 is 0.794 bits per heavy atom. The first-order chi connectivity index (χ1) is 31.0. The van der Waals surface area contributed by atoms with Gasteiger partial charge in [0, 0.05) is 5.33 Å². The molecule has 63 heavy (non-hydrogen) atoms. The molecule has 0 aliphatic heterocycles. The van der Waals surface area contributed by atoms with Crippen molar-refractivity contribution in [2.24, 2.45) is 0 Å². The minimum atomic E-state index is -2.30. The van der Waals surface area contributed by atoms with Crippen LogP contribution in [0.5, 0.6) is 11.5 Å². The molecule has 0 fully saturated rings. The van der Waals surface area contributed by atoms with Crippen LogP contribution in [0.2, 0.25) is 0 Å². The molecule has 314 valence electrons. The van der Waals surface area contributed by atoms with Crippen LogP contribution >= 0.6 is 23.2 Å². The van der Waals surface area contributed by atoms with Gasteiger partial charge in [-0.25, -0.2) is 0 Å². The molecule has 4 nitrogen and oxygen atoms in total. The van der Waals surface area contributed by atoms with E-state index in [1.807, 2.05) is 37.3 Å². The molecular formula is C57H52BrN2O2P.